The fourth-order valence-electron chi connectivity index (χ4n) is 3.44. The smallest absolute Gasteiger partial charge is 0.411 e. The lowest BCUT2D eigenvalue weighted by Crippen LogP contribution is -2.17. The van der Waals surface area contributed by atoms with Crippen LogP contribution in [0.5, 0.6) is 11.5 Å². The van der Waals surface area contributed by atoms with Gasteiger partial charge in [-0.15, -0.1) is 0 Å². The lowest BCUT2D eigenvalue weighted by molar-refractivity contribution is 0.168. The molecule has 0 spiro atoms. The molecule has 0 aliphatic heterocycles. The minimum atomic E-state index is -0.517. The second-order valence-electron chi connectivity index (χ2n) is 8.01. The van der Waals surface area contributed by atoms with Gasteiger partial charge in [-0.3, -0.25) is 5.32 Å². The van der Waals surface area contributed by atoms with Crippen molar-refractivity contribution in [3.05, 3.63) is 42.0 Å². The monoisotopic (exact) mass is 399 g/mol. The maximum atomic E-state index is 11.5. The van der Waals surface area contributed by atoms with Crippen molar-refractivity contribution in [2.24, 2.45) is 0 Å². The van der Waals surface area contributed by atoms with Crippen LogP contribution in [0.3, 0.4) is 0 Å². The first-order valence-corrected chi connectivity index (χ1v) is 10.4. The van der Waals surface area contributed by atoms with Gasteiger partial charge in [-0.25, -0.2) is 4.79 Å². The number of phenols is 2. The van der Waals surface area contributed by atoms with Crippen molar-refractivity contribution in [3.63, 3.8) is 0 Å². The summed E-state index contributed by atoms with van der Waals surface area (Å²) in [5.74, 6) is 0.0977. The summed E-state index contributed by atoms with van der Waals surface area (Å²) in [6.07, 6.45) is 5.23. The van der Waals surface area contributed by atoms with E-state index in [9.17, 15) is 15.0 Å². The summed E-state index contributed by atoms with van der Waals surface area (Å²) in [6.45, 7) is 8.52. The van der Waals surface area contributed by atoms with Crippen molar-refractivity contribution < 1.29 is 19.7 Å². The number of carbonyl (C=O) groups is 1. The summed E-state index contributed by atoms with van der Waals surface area (Å²) in [5.41, 5.74) is 2.43. The summed E-state index contributed by atoms with van der Waals surface area (Å²) < 4.78 is 4.86. The SMILES string of the molecule is CCCCCCC(C)(C)c1cc(O)c(-c2ccc(NC(=O)OCC)cc2)c(O)c1. The highest BCUT2D eigenvalue weighted by atomic mass is 16.5. The molecule has 0 fully saturated rings. The number of anilines is 1. The topological polar surface area (TPSA) is 78.8 Å². The Morgan fingerprint density at radius 3 is 2.17 bits per heavy atom. The van der Waals surface area contributed by atoms with Crippen LogP contribution in [0.4, 0.5) is 10.5 Å². The van der Waals surface area contributed by atoms with E-state index < -0.39 is 6.09 Å². The number of hydrogen-bond donors (Lipinski definition) is 3. The predicted molar refractivity (Wildman–Crippen MR) is 118 cm³/mol. The quantitative estimate of drug-likeness (QED) is 0.416. The molecule has 0 saturated carbocycles. The average Bonchev–Trinajstić information content (AvgIpc) is 2.66. The molecule has 0 aliphatic carbocycles. The van der Waals surface area contributed by atoms with Crippen molar-refractivity contribution in [1.82, 2.24) is 0 Å². The number of hydrogen-bond acceptors (Lipinski definition) is 4. The van der Waals surface area contributed by atoms with Crippen LogP contribution in [0.15, 0.2) is 36.4 Å². The van der Waals surface area contributed by atoms with Crippen molar-refractivity contribution >= 4 is 11.8 Å². The van der Waals surface area contributed by atoms with Crippen LogP contribution in [-0.4, -0.2) is 22.9 Å². The van der Waals surface area contributed by atoms with Crippen LogP contribution in [0.1, 0.15) is 65.4 Å². The molecule has 0 saturated heterocycles. The van der Waals surface area contributed by atoms with E-state index >= 15 is 0 Å². The summed E-state index contributed by atoms with van der Waals surface area (Å²) in [6, 6.07) is 10.4. The van der Waals surface area contributed by atoms with Crippen molar-refractivity contribution in [3.8, 4) is 22.6 Å². The van der Waals surface area contributed by atoms with E-state index in [-0.39, 0.29) is 16.9 Å². The van der Waals surface area contributed by atoms with Crippen LogP contribution in [-0.2, 0) is 10.2 Å². The highest BCUT2D eigenvalue weighted by molar-refractivity contribution is 5.85. The van der Waals surface area contributed by atoms with Gasteiger partial charge in [0.05, 0.1) is 12.2 Å². The van der Waals surface area contributed by atoms with Gasteiger partial charge in [0, 0.05) is 5.69 Å². The van der Waals surface area contributed by atoms with Gasteiger partial charge >= 0.3 is 6.09 Å². The maximum absolute atomic E-state index is 11.5. The maximum Gasteiger partial charge on any atom is 0.411 e. The summed E-state index contributed by atoms with van der Waals surface area (Å²) >= 11 is 0. The first-order valence-electron chi connectivity index (χ1n) is 10.4. The lowest BCUT2D eigenvalue weighted by atomic mass is 9.79. The highest BCUT2D eigenvalue weighted by Crippen LogP contribution is 2.42. The third-order valence-electron chi connectivity index (χ3n) is 5.23. The fraction of sp³-hybridized carbons (Fsp3) is 0.458. The van der Waals surface area contributed by atoms with E-state index in [1.165, 1.54) is 19.3 Å². The molecule has 0 heterocycles. The third kappa shape index (κ3) is 6.14. The Kier molecular flexibility index (Phi) is 7.94. The van der Waals surface area contributed by atoms with Gasteiger partial charge in [0.1, 0.15) is 11.5 Å². The Morgan fingerprint density at radius 2 is 1.62 bits per heavy atom. The zero-order valence-electron chi connectivity index (χ0n) is 17.9. The molecule has 5 nitrogen and oxygen atoms in total. The summed E-state index contributed by atoms with van der Waals surface area (Å²) in [7, 11) is 0. The number of phenolic OH excluding ortho intramolecular Hbond substituents is 2. The molecule has 0 unspecified atom stereocenters. The zero-order chi connectivity index (χ0) is 21.4. The largest absolute Gasteiger partial charge is 0.507 e. The average molecular weight is 400 g/mol. The normalized spacial score (nSPS) is 11.3. The van der Waals surface area contributed by atoms with Crippen LogP contribution in [0.2, 0.25) is 0 Å². The molecule has 2 aromatic carbocycles. The number of rotatable bonds is 9. The molecule has 158 valence electrons. The van der Waals surface area contributed by atoms with Gasteiger partial charge in [-0.05, 0) is 54.2 Å². The summed E-state index contributed by atoms with van der Waals surface area (Å²) in [4.78, 5) is 11.5. The number of benzene rings is 2. The number of nitrogens with one attached hydrogen (secondary N) is 1. The lowest BCUT2D eigenvalue weighted by Gasteiger charge is -2.26. The molecule has 0 aromatic heterocycles. The Balaban J connectivity index is 2.19. The van der Waals surface area contributed by atoms with E-state index in [0.29, 0.717) is 23.4 Å². The van der Waals surface area contributed by atoms with Crippen LogP contribution in [0.25, 0.3) is 11.1 Å². The highest BCUT2D eigenvalue weighted by Gasteiger charge is 2.23. The molecule has 5 heteroatoms. The predicted octanol–water partition coefficient (Wildman–Crippen LogP) is 6.58. The number of amides is 1. The number of aromatic hydroxyl groups is 2. The van der Waals surface area contributed by atoms with Crippen LogP contribution >= 0.6 is 0 Å². The Bertz CT molecular complexity index is 789. The van der Waals surface area contributed by atoms with Gasteiger partial charge in [-0.2, -0.15) is 0 Å². The zero-order valence-corrected chi connectivity index (χ0v) is 17.9. The second-order valence-corrected chi connectivity index (χ2v) is 8.01. The molecule has 0 bridgehead atoms. The molecule has 29 heavy (non-hydrogen) atoms. The van der Waals surface area contributed by atoms with E-state index in [1.807, 2.05) is 0 Å². The van der Waals surface area contributed by atoms with Crippen molar-refractivity contribution in [1.29, 1.82) is 0 Å². The second kappa shape index (κ2) is 10.2. The first kappa shape index (κ1) is 22.6. The molecule has 2 aromatic rings. The molecular weight excluding hydrogens is 366 g/mol. The number of ether oxygens (including phenoxy) is 1. The molecule has 0 atom stereocenters. The van der Waals surface area contributed by atoms with Gasteiger partial charge in [0.25, 0.3) is 0 Å². The van der Waals surface area contributed by atoms with E-state index in [2.05, 4.69) is 26.1 Å². The molecule has 2 rings (SSSR count). The number of unbranched alkanes of at least 4 members (excludes halogenated alkanes) is 3. The number of carbonyl (C=O) groups excluding carboxylic acids is 1. The Morgan fingerprint density at radius 1 is 1.00 bits per heavy atom. The fourth-order valence-corrected chi connectivity index (χ4v) is 3.44. The standard InChI is InChI=1S/C24H33NO4/c1-5-7-8-9-14-24(3,4)18-15-20(26)22(21(27)16-18)17-10-12-19(13-11-17)25-23(28)29-6-2/h10-13,15-16,26-27H,5-9,14H2,1-4H3,(H,25,28). The van der Waals surface area contributed by atoms with Gasteiger partial charge in [0.2, 0.25) is 0 Å². The van der Waals surface area contributed by atoms with Crippen molar-refractivity contribution in [2.45, 2.75) is 65.2 Å². The van der Waals surface area contributed by atoms with E-state index in [0.717, 1.165) is 18.4 Å². The first-order chi connectivity index (χ1) is 13.8. The van der Waals surface area contributed by atoms with Crippen LogP contribution < -0.4 is 5.32 Å². The van der Waals surface area contributed by atoms with Crippen molar-refractivity contribution in [2.75, 3.05) is 11.9 Å². The van der Waals surface area contributed by atoms with E-state index in [4.69, 9.17) is 4.74 Å². The van der Waals surface area contributed by atoms with Crippen LogP contribution in [0, 0.1) is 0 Å². The Hall–Kier alpha value is -2.69. The van der Waals surface area contributed by atoms with Gasteiger partial charge in [0.15, 0.2) is 0 Å². The van der Waals surface area contributed by atoms with E-state index in [1.54, 1.807) is 43.3 Å². The molecule has 3 N–H and O–H groups in total. The third-order valence-corrected chi connectivity index (χ3v) is 5.23. The molecular formula is C24H33NO4. The van der Waals surface area contributed by atoms with Gasteiger partial charge in [-0.1, -0.05) is 58.6 Å². The molecule has 0 radical (unpaired) electrons. The molecule has 0 aliphatic rings. The Labute approximate surface area is 173 Å². The minimum absolute atomic E-state index is 0.0488. The van der Waals surface area contributed by atoms with Gasteiger partial charge < -0.3 is 14.9 Å². The summed E-state index contributed by atoms with van der Waals surface area (Å²) in [5, 5.41) is 23.9. The minimum Gasteiger partial charge on any atom is -0.507 e. The molecule has 1 amide bonds.